The van der Waals surface area contributed by atoms with Crippen LogP contribution in [0.2, 0.25) is 0 Å². The minimum atomic E-state index is -0.888. The van der Waals surface area contributed by atoms with Crippen LogP contribution >= 0.6 is 0 Å². The van der Waals surface area contributed by atoms with E-state index in [4.69, 9.17) is 0 Å². The third-order valence-corrected chi connectivity index (χ3v) is 4.84. The van der Waals surface area contributed by atoms with Gasteiger partial charge in [-0.2, -0.15) is 9.61 Å². The minimum absolute atomic E-state index is 0.104. The van der Waals surface area contributed by atoms with Crippen molar-refractivity contribution in [1.82, 2.24) is 19.5 Å². The molecule has 2 aromatic rings. The molecule has 23 heavy (non-hydrogen) atoms. The Morgan fingerprint density at radius 1 is 1.30 bits per heavy atom. The van der Waals surface area contributed by atoms with Gasteiger partial charge >= 0.3 is 6.09 Å². The number of aliphatic hydroxyl groups is 1. The van der Waals surface area contributed by atoms with Gasteiger partial charge in [0.25, 0.3) is 0 Å². The van der Waals surface area contributed by atoms with Crippen LogP contribution in [0.15, 0.2) is 12.3 Å². The first-order valence-electron chi connectivity index (χ1n) is 7.90. The average Bonchev–Trinajstić information content (AvgIpc) is 2.85. The summed E-state index contributed by atoms with van der Waals surface area (Å²) >= 11 is 0. The standard InChI is InChI=1S/C15H19N5O3/c21-9-10-2-8-19(10)14-11-3-6-18(15(22)23)7-4-12(11)17-13-1-5-16-20(13)14/h1,5,10,21H,2-4,6-9H2,(H,22,23)/t10-/m0/s1. The van der Waals surface area contributed by atoms with Gasteiger partial charge in [0.15, 0.2) is 5.65 Å². The number of fused-ring (bicyclic) bond motifs is 2. The molecule has 8 heteroatoms. The molecule has 0 unspecified atom stereocenters. The van der Waals surface area contributed by atoms with E-state index in [0.29, 0.717) is 25.9 Å². The molecule has 4 rings (SSSR count). The Labute approximate surface area is 132 Å². The molecule has 0 saturated carbocycles. The normalized spacial score (nSPS) is 21.0. The molecule has 0 spiro atoms. The number of anilines is 1. The van der Waals surface area contributed by atoms with E-state index < -0.39 is 6.09 Å². The van der Waals surface area contributed by atoms with E-state index >= 15 is 0 Å². The van der Waals surface area contributed by atoms with Crippen LogP contribution in [0.3, 0.4) is 0 Å². The van der Waals surface area contributed by atoms with Gasteiger partial charge in [-0.05, 0) is 12.8 Å². The Balaban J connectivity index is 1.81. The first kappa shape index (κ1) is 14.3. The van der Waals surface area contributed by atoms with Gasteiger partial charge in [-0.15, -0.1) is 0 Å². The van der Waals surface area contributed by atoms with Crippen molar-refractivity contribution in [3.8, 4) is 0 Å². The number of hydrogen-bond donors (Lipinski definition) is 2. The summed E-state index contributed by atoms with van der Waals surface area (Å²) in [6, 6.07) is 1.96. The number of carboxylic acid groups (broad SMARTS) is 1. The van der Waals surface area contributed by atoms with Gasteiger partial charge in [-0.1, -0.05) is 0 Å². The summed E-state index contributed by atoms with van der Waals surface area (Å²) in [6.45, 7) is 1.91. The van der Waals surface area contributed by atoms with Gasteiger partial charge in [0.05, 0.1) is 24.5 Å². The molecule has 4 heterocycles. The van der Waals surface area contributed by atoms with E-state index in [0.717, 1.165) is 35.7 Å². The fourth-order valence-electron chi connectivity index (χ4n) is 3.46. The Bertz CT molecular complexity index is 757. The van der Waals surface area contributed by atoms with Crippen molar-refractivity contribution < 1.29 is 15.0 Å². The van der Waals surface area contributed by atoms with Gasteiger partial charge in [-0.25, -0.2) is 9.78 Å². The summed E-state index contributed by atoms with van der Waals surface area (Å²) in [4.78, 5) is 19.5. The summed E-state index contributed by atoms with van der Waals surface area (Å²) in [6.07, 6.45) is 3.02. The van der Waals surface area contributed by atoms with Gasteiger partial charge < -0.3 is 20.0 Å². The molecule has 8 nitrogen and oxygen atoms in total. The van der Waals surface area contributed by atoms with E-state index in [9.17, 15) is 15.0 Å². The molecule has 0 aliphatic carbocycles. The summed E-state index contributed by atoms with van der Waals surface area (Å²) in [5.41, 5.74) is 2.77. The highest BCUT2D eigenvalue weighted by Gasteiger charge is 2.33. The smallest absolute Gasteiger partial charge is 0.407 e. The number of carbonyl (C=O) groups is 1. The first-order chi connectivity index (χ1) is 11.2. The van der Waals surface area contributed by atoms with E-state index in [-0.39, 0.29) is 12.6 Å². The van der Waals surface area contributed by atoms with Crippen molar-refractivity contribution in [3.63, 3.8) is 0 Å². The van der Waals surface area contributed by atoms with Crippen molar-refractivity contribution in [2.24, 2.45) is 0 Å². The Kier molecular flexibility index (Phi) is 3.33. The molecule has 2 N–H and O–H groups in total. The number of hydrogen-bond acceptors (Lipinski definition) is 5. The lowest BCUT2D eigenvalue weighted by atomic mass is 10.0. The predicted octanol–water partition coefficient (Wildman–Crippen LogP) is 0.379. The first-order valence-corrected chi connectivity index (χ1v) is 7.90. The second kappa shape index (κ2) is 5.38. The molecule has 122 valence electrons. The van der Waals surface area contributed by atoms with Gasteiger partial charge in [-0.3, -0.25) is 0 Å². The zero-order chi connectivity index (χ0) is 16.0. The maximum atomic E-state index is 11.3. The van der Waals surface area contributed by atoms with E-state index in [1.54, 1.807) is 6.20 Å². The highest BCUT2D eigenvalue weighted by molar-refractivity contribution is 5.66. The molecule has 2 aliphatic rings. The zero-order valence-corrected chi connectivity index (χ0v) is 12.7. The van der Waals surface area contributed by atoms with Gasteiger partial charge in [0.2, 0.25) is 0 Å². The minimum Gasteiger partial charge on any atom is -0.465 e. The van der Waals surface area contributed by atoms with Crippen molar-refractivity contribution in [3.05, 3.63) is 23.5 Å². The van der Waals surface area contributed by atoms with Crippen LogP contribution in [-0.4, -0.2) is 68.1 Å². The molecule has 0 bridgehead atoms. The fraction of sp³-hybridized carbons (Fsp3) is 0.533. The summed E-state index contributed by atoms with van der Waals surface area (Å²) < 4.78 is 1.82. The largest absolute Gasteiger partial charge is 0.465 e. The molecular weight excluding hydrogens is 298 g/mol. The molecule has 1 atom stereocenters. The highest BCUT2D eigenvalue weighted by Crippen LogP contribution is 2.33. The zero-order valence-electron chi connectivity index (χ0n) is 12.7. The van der Waals surface area contributed by atoms with Crippen LogP contribution in [0.1, 0.15) is 17.7 Å². The van der Waals surface area contributed by atoms with Crippen molar-refractivity contribution in [2.75, 3.05) is 31.1 Å². The van der Waals surface area contributed by atoms with Crippen LogP contribution in [0.25, 0.3) is 5.65 Å². The van der Waals surface area contributed by atoms with Crippen molar-refractivity contribution >= 4 is 17.6 Å². The monoisotopic (exact) mass is 317 g/mol. The summed E-state index contributed by atoms with van der Waals surface area (Å²) in [7, 11) is 0. The van der Waals surface area contributed by atoms with Crippen LogP contribution in [-0.2, 0) is 12.8 Å². The molecule has 0 radical (unpaired) electrons. The van der Waals surface area contributed by atoms with Crippen LogP contribution in [0, 0.1) is 0 Å². The van der Waals surface area contributed by atoms with Gasteiger partial charge in [0.1, 0.15) is 5.82 Å². The second-order valence-electron chi connectivity index (χ2n) is 6.05. The average molecular weight is 317 g/mol. The maximum Gasteiger partial charge on any atom is 0.407 e. The topological polar surface area (TPSA) is 94.2 Å². The highest BCUT2D eigenvalue weighted by atomic mass is 16.4. The van der Waals surface area contributed by atoms with E-state index in [1.807, 2.05) is 10.6 Å². The summed E-state index contributed by atoms with van der Waals surface area (Å²) in [5.74, 6) is 0.965. The Hall–Kier alpha value is -2.35. The molecule has 1 saturated heterocycles. The van der Waals surface area contributed by atoms with Crippen LogP contribution < -0.4 is 4.90 Å². The van der Waals surface area contributed by atoms with E-state index in [1.165, 1.54) is 4.90 Å². The van der Waals surface area contributed by atoms with Crippen molar-refractivity contribution in [2.45, 2.75) is 25.3 Å². The number of rotatable bonds is 2. The molecular formula is C15H19N5O3. The lowest BCUT2D eigenvalue weighted by molar-refractivity contribution is 0.147. The summed E-state index contributed by atoms with van der Waals surface area (Å²) in [5, 5.41) is 23.2. The molecule has 2 aromatic heterocycles. The molecule has 2 aliphatic heterocycles. The van der Waals surface area contributed by atoms with E-state index in [2.05, 4.69) is 15.0 Å². The third-order valence-electron chi connectivity index (χ3n) is 4.84. The number of amides is 1. The lowest BCUT2D eigenvalue weighted by Gasteiger charge is -2.42. The fourth-order valence-corrected chi connectivity index (χ4v) is 3.46. The van der Waals surface area contributed by atoms with Gasteiger partial charge in [0, 0.05) is 37.7 Å². The third kappa shape index (κ3) is 2.21. The number of nitrogens with zero attached hydrogens (tertiary/aromatic N) is 5. The second-order valence-corrected chi connectivity index (χ2v) is 6.05. The quantitative estimate of drug-likeness (QED) is 0.831. The Morgan fingerprint density at radius 2 is 2.13 bits per heavy atom. The number of aromatic nitrogens is 3. The molecule has 1 amide bonds. The van der Waals surface area contributed by atoms with Crippen molar-refractivity contribution in [1.29, 1.82) is 0 Å². The SMILES string of the molecule is O=C(O)N1CCc2nc3ccnn3c(N3CC[C@H]3CO)c2CC1. The molecule has 1 fully saturated rings. The van der Waals surface area contributed by atoms with Crippen LogP contribution in [0.5, 0.6) is 0 Å². The van der Waals surface area contributed by atoms with Crippen LogP contribution in [0.4, 0.5) is 10.6 Å². The molecule has 0 aromatic carbocycles. The maximum absolute atomic E-state index is 11.3. The number of aliphatic hydroxyl groups excluding tert-OH is 1. The lowest BCUT2D eigenvalue weighted by Crippen LogP contribution is -2.51. The Morgan fingerprint density at radius 3 is 2.83 bits per heavy atom. The predicted molar refractivity (Wildman–Crippen MR) is 82.8 cm³/mol.